The molecule has 0 amide bonds. The smallest absolute Gasteiger partial charge is 0.135 e. The molecule has 1 radical (unpaired) electrons. The number of hydrogen-bond donors (Lipinski definition) is 0. The average molecular weight is 988 g/mol. The standard InChI is InChI=1S/C46H29N2O2.C11H8N.Ir/c1-29-24-35(30-12-4-2-5-13-30)45(36(25-29)31-14-6-3-7-15-31)48-41-18-10-9-17-40(41)47-46(48)39-28-49-42-22-20-32(27-38(39)42)33-21-23-44-37(26-33)34-16-8-11-19-43(34)50-44;1-2-6-10(7-3-1)11-8-4-5-9-12-11;/h2-27H,1H3;1-6,8-9H;/q2*-1;. The number of furan rings is 2. The third-order valence-electron chi connectivity index (χ3n) is 11.3. The molecule has 0 saturated carbocycles. The molecule has 4 heterocycles. The minimum atomic E-state index is 0. The molecular formula is C57H37IrN3O2-2. The molecule has 0 aliphatic heterocycles. The maximum absolute atomic E-state index is 6.15. The van der Waals surface area contributed by atoms with Gasteiger partial charge in [-0.2, -0.15) is 0 Å². The Morgan fingerprint density at radius 1 is 0.524 bits per heavy atom. The fraction of sp³-hybridized carbons (Fsp3) is 0.0175. The van der Waals surface area contributed by atoms with Crippen LogP contribution in [0.4, 0.5) is 0 Å². The number of para-hydroxylation sites is 3. The van der Waals surface area contributed by atoms with Gasteiger partial charge in [0.05, 0.1) is 22.5 Å². The van der Waals surface area contributed by atoms with E-state index in [9.17, 15) is 0 Å². The van der Waals surface area contributed by atoms with Gasteiger partial charge in [-0.05, 0) is 89.0 Å². The molecule has 12 rings (SSSR count). The summed E-state index contributed by atoms with van der Waals surface area (Å²) in [7, 11) is 0. The Kier molecular flexibility index (Phi) is 10.7. The van der Waals surface area contributed by atoms with E-state index in [1.807, 2.05) is 66.7 Å². The van der Waals surface area contributed by atoms with E-state index in [1.165, 1.54) is 5.56 Å². The largest absolute Gasteiger partial charge is 0.557 e. The first-order valence-corrected chi connectivity index (χ1v) is 20.6. The topological polar surface area (TPSA) is 57.0 Å². The number of nitrogens with zero attached hydrogens (tertiary/aromatic N) is 3. The molecule has 0 fully saturated rings. The van der Waals surface area contributed by atoms with E-state index < -0.39 is 0 Å². The van der Waals surface area contributed by atoms with Gasteiger partial charge in [0, 0.05) is 60.0 Å². The Morgan fingerprint density at radius 3 is 1.87 bits per heavy atom. The van der Waals surface area contributed by atoms with Gasteiger partial charge in [-0.15, -0.1) is 35.9 Å². The second kappa shape index (κ2) is 17.0. The fourth-order valence-electron chi connectivity index (χ4n) is 8.42. The van der Waals surface area contributed by atoms with Crippen molar-refractivity contribution in [3.05, 3.63) is 224 Å². The Labute approximate surface area is 378 Å². The van der Waals surface area contributed by atoms with Gasteiger partial charge in [-0.25, -0.2) is 0 Å². The summed E-state index contributed by atoms with van der Waals surface area (Å²) in [6.07, 6.45) is 5.07. The van der Waals surface area contributed by atoms with E-state index in [0.717, 1.165) is 106 Å². The van der Waals surface area contributed by atoms with Gasteiger partial charge >= 0.3 is 0 Å². The molecule has 0 spiro atoms. The molecule has 0 atom stereocenters. The molecule has 63 heavy (non-hydrogen) atoms. The summed E-state index contributed by atoms with van der Waals surface area (Å²) in [4.78, 5) is 9.52. The second-order valence-corrected chi connectivity index (χ2v) is 15.3. The van der Waals surface area contributed by atoms with Crippen LogP contribution in [0.15, 0.2) is 215 Å². The van der Waals surface area contributed by atoms with Crippen LogP contribution in [-0.2, 0) is 20.1 Å². The number of aromatic nitrogens is 3. The zero-order valence-corrected chi connectivity index (χ0v) is 36.5. The summed E-state index contributed by atoms with van der Waals surface area (Å²) in [5.74, 6) is 0.775. The van der Waals surface area contributed by atoms with Crippen LogP contribution in [0.5, 0.6) is 0 Å². The molecule has 0 aliphatic rings. The number of pyridine rings is 1. The van der Waals surface area contributed by atoms with Crippen molar-refractivity contribution in [2.75, 3.05) is 0 Å². The van der Waals surface area contributed by atoms with Crippen molar-refractivity contribution >= 4 is 43.9 Å². The van der Waals surface area contributed by atoms with E-state index in [0.29, 0.717) is 0 Å². The van der Waals surface area contributed by atoms with E-state index in [4.69, 9.17) is 13.8 Å². The van der Waals surface area contributed by atoms with Crippen LogP contribution in [0.25, 0.3) is 106 Å². The molecule has 0 aliphatic carbocycles. The van der Waals surface area contributed by atoms with Crippen molar-refractivity contribution in [3.8, 4) is 61.7 Å². The van der Waals surface area contributed by atoms with Crippen LogP contribution in [0.2, 0.25) is 0 Å². The molecule has 0 bridgehead atoms. The van der Waals surface area contributed by atoms with Crippen molar-refractivity contribution in [2.24, 2.45) is 0 Å². The third kappa shape index (κ3) is 7.46. The molecule has 5 nitrogen and oxygen atoms in total. The molecular weight excluding hydrogens is 951 g/mol. The van der Waals surface area contributed by atoms with Crippen molar-refractivity contribution in [2.45, 2.75) is 6.92 Å². The van der Waals surface area contributed by atoms with Crippen LogP contribution < -0.4 is 0 Å². The second-order valence-electron chi connectivity index (χ2n) is 15.3. The predicted octanol–water partition coefficient (Wildman–Crippen LogP) is 15.0. The van der Waals surface area contributed by atoms with E-state index in [-0.39, 0.29) is 20.1 Å². The first kappa shape index (κ1) is 39.5. The Hall–Kier alpha value is -7.63. The summed E-state index contributed by atoms with van der Waals surface area (Å²) in [6, 6.07) is 71.9. The zero-order chi connectivity index (χ0) is 41.4. The molecule has 4 aromatic heterocycles. The quantitative estimate of drug-likeness (QED) is 0.156. The van der Waals surface area contributed by atoms with Crippen LogP contribution in [0.3, 0.4) is 0 Å². The number of rotatable bonds is 6. The number of hydrogen-bond acceptors (Lipinski definition) is 4. The molecule has 0 unspecified atom stereocenters. The molecule has 12 aromatic rings. The maximum atomic E-state index is 6.15. The molecule has 0 N–H and O–H groups in total. The fourth-order valence-corrected chi connectivity index (χ4v) is 8.42. The summed E-state index contributed by atoms with van der Waals surface area (Å²) < 4.78 is 14.6. The molecule has 0 saturated heterocycles. The van der Waals surface area contributed by atoms with Gasteiger partial charge in [0.1, 0.15) is 11.2 Å². The first-order chi connectivity index (χ1) is 30.7. The molecule has 303 valence electrons. The normalized spacial score (nSPS) is 11.1. The van der Waals surface area contributed by atoms with Crippen molar-refractivity contribution < 1.29 is 28.9 Å². The van der Waals surface area contributed by atoms with E-state index in [1.54, 1.807) is 6.20 Å². The Bertz CT molecular complexity index is 3420. The van der Waals surface area contributed by atoms with E-state index in [2.05, 4.69) is 162 Å². The van der Waals surface area contributed by atoms with Crippen LogP contribution in [-0.4, -0.2) is 14.5 Å². The van der Waals surface area contributed by atoms with E-state index >= 15 is 0 Å². The van der Waals surface area contributed by atoms with Gasteiger partial charge in [0.15, 0.2) is 0 Å². The van der Waals surface area contributed by atoms with Crippen molar-refractivity contribution in [1.82, 2.24) is 14.5 Å². The molecule has 8 aromatic carbocycles. The van der Waals surface area contributed by atoms with Gasteiger partial charge < -0.3 is 18.4 Å². The Morgan fingerprint density at radius 2 is 1.16 bits per heavy atom. The SMILES string of the molecule is Cc1cc(-c2ccccc2)c(-n2c(-c3[c-]oc4ccc(-c5ccc6oc7ccccc7c6c5)cc34)nc3ccccc32)c(-c2ccccc2)c1.[Ir].[c-]1ccccc1-c1ccccn1. The van der Waals surface area contributed by atoms with Gasteiger partial charge in [-0.1, -0.05) is 138 Å². The van der Waals surface area contributed by atoms with Crippen LogP contribution >= 0.6 is 0 Å². The minimum absolute atomic E-state index is 0. The summed E-state index contributed by atoms with van der Waals surface area (Å²) in [6.45, 7) is 2.16. The summed E-state index contributed by atoms with van der Waals surface area (Å²) >= 11 is 0. The monoisotopic (exact) mass is 988 g/mol. The summed E-state index contributed by atoms with van der Waals surface area (Å²) in [5, 5.41) is 3.16. The number of imidazole rings is 1. The predicted molar refractivity (Wildman–Crippen MR) is 252 cm³/mol. The van der Waals surface area contributed by atoms with Crippen molar-refractivity contribution in [1.29, 1.82) is 0 Å². The maximum Gasteiger partial charge on any atom is 0.135 e. The van der Waals surface area contributed by atoms with Gasteiger partial charge in [0.25, 0.3) is 0 Å². The zero-order valence-electron chi connectivity index (χ0n) is 34.1. The van der Waals surface area contributed by atoms with Crippen LogP contribution in [0.1, 0.15) is 5.56 Å². The Balaban J connectivity index is 0.000000314. The van der Waals surface area contributed by atoms with Crippen molar-refractivity contribution in [3.63, 3.8) is 0 Å². The summed E-state index contributed by atoms with van der Waals surface area (Å²) in [5.41, 5.74) is 16.2. The van der Waals surface area contributed by atoms with Crippen LogP contribution in [0, 0.1) is 19.3 Å². The first-order valence-electron chi connectivity index (χ1n) is 20.6. The number of benzene rings is 8. The third-order valence-corrected chi connectivity index (χ3v) is 11.3. The number of aryl methyl sites for hydroxylation is 1. The number of fused-ring (bicyclic) bond motifs is 5. The average Bonchev–Trinajstić information content (AvgIpc) is 4.05. The van der Waals surface area contributed by atoms with Gasteiger partial charge in [-0.3, -0.25) is 4.98 Å². The molecule has 6 heteroatoms. The van der Waals surface area contributed by atoms with Gasteiger partial charge in [0.2, 0.25) is 0 Å². The minimum Gasteiger partial charge on any atom is -0.557 e.